The van der Waals surface area contributed by atoms with E-state index in [4.69, 9.17) is 0 Å². The van der Waals surface area contributed by atoms with Crippen LogP contribution in [0.25, 0.3) is 5.78 Å². The normalized spacial score (nSPS) is 11.0. The van der Waals surface area contributed by atoms with Crippen molar-refractivity contribution >= 4 is 17.4 Å². The summed E-state index contributed by atoms with van der Waals surface area (Å²) < 4.78 is 1.73. The van der Waals surface area contributed by atoms with Crippen molar-refractivity contribution in [2.75, 3.05) is 11.4 Å². The van der Waals surface area contributed by atoms with Crippen molar-refractivity contribution in [3.05, 3.63) is 53.6 Å². The largest absolute Gasteiger partial charge is 0.312 e. The summed E-state index contributed by atoms with van der Waals surface area (Å²) >= 11 is 0. The SMILES string of the molecule is CCCCN(C(=O)CCc1c(C)nc2ncnn2c1C)c1ccccc1. The van der Waals surface area contributed by atoms with Gasteiger partial charge in [-0.05, 0) is 44.4 Å². The van der Waals surface area contributed by atoms with E-state index in [1.165, 1.54) is 6.33 Å². The van der Waals surface area contributed by atoms with E-state index in [0.29, 0.717) is 18.6 Å². The second kappa shape index (κ2) is 8.08. The molecule has 0 N–H and O–H groups in total. The van der Waals surface area contributed by atoms with Gasteiger partial charge in [-0.25, -0.2) is 9.50 Å². The van der Waals surface area contributed by atoms with Gasteiger partial charge in [0, 0.05) is 30.0 Å². The minimum absolute atomic E-state index is 0.141. The minimum Gasteiger partial charge on any atom is -0.312 e. The van der Waals surface area contributed by atoms with Gasteiger partial charge in [0.05, 0.1) is 0 Å². The molecule has 0 saturated heterocycles. The molecule has 0 aliphatic heterocycles. The highest BCUT2D eigenvalue weighted by Crippen LogP contribution is 2.19. The molecule has 0 spiro atoms. The Labute approximate surface area is 153 Å². The third-order valence-electron chi connectivity index (χ3n) is 4.68. The summed E-state index contributed by atoms with van der Waals surface area (Å²) in [6, 6.07) is 9.90. The van der Waals surface area contributed by atoms with Crippen molar-refractivity contribution in [2.45, 2.75) is 46.5 Å². The van der Waals surface area contributed by atoms with Gasteiger partial charge in [0.2, 0.25) is 5.91 Å². The highest BCUT2D eigenvalue weighted by molar-refractivity contribution is 5.93. The molecule has 6 heteroatoms. The number of unbranched alkanes of at least 4 members (excludes halogenated alkanes) is 1. The maximum Gasteiger partial charge on any atom is 0.252 e. The molecule has 3 aromatic rings. The smallest absolute Gasteiger partial charge is 0.252 e. The number of nitrogens with zero attached hydrogens (tertiary/aromatic N) is 5. The average Bonchev–Trinajstić information content (AvgIpc) is 3.11. The van der Waals surface area contributed by atoms with Gasteiger partial charge < -0.3 is 4.90 Å². The van der Waals surface area contributed by atoms with Gasteiger partial charge in [-0.2, -0.15) is 10.1 Å². The number of carbonyl (C=O) groups is 1. The zero-order valence-electron chi connectivity index (χ0n) is 15.6. The molecule has 2 aromatic heterocycles. The molecule has 1 aromatic carbocycles. The van der Waals surface area contributed by atoms with E-state index in [-0.39, 0.29) is 5.91 Å². The summed E-state index contributed by atoms with van der Waals surface area (Å²) in [5, 5.41) is 4.22. The first-order valence-corrected chi connectivity index (χ1v) is 9.13. The highest BCUT2D eigenvalue weighted by atomic mass is 16.2. The number of hydrogen-bond acceptors (Lipinski definition) is 4. The monoisotopic (exact) mass is 351 g/mol. The molecule has 2 heterocycles. The number of fused-ring (bicyclic) bond motifs is 1. The van der Waals surface area contributed by atoms with E-state index in [1.54, 1.807) is 4.52 Å². The van der Waals surface area contributed by atoms with Crippen LogP contribution in [0.15, 0.2) is 36.7 Å². The van der Waals surface area contributed by atoms with Crippen LogP contribution in [0.1, 0.15) is 43.1 Å². The lowest BCUT2D eigenvalue weighted by atomic mass is 10.1. The van der Waals surface area contributed by atoms with Crippen LogP contribution in [0, 0.1) is 13.8 Å². The summed E-state index contributed by atoms with van der Waals surface area (Å²) in [7, 11) is 0. The molecule has 6 nitrogen and oxygen atoms in total. The van der Waals surface area contributed by atoms with Crippen molar-refractivity contribution in [3.63, 3.8) is 0 Å². The van der Waals surface area contributed by atoms with Crippen LogP contribution in [0.2, 0.25) is 0 Å². The van der Waals surface area contributed by atoms with Crippen molar-refractivity contribution in [1.82, 2.24) is 19.6 Å². The lowest BCUT2D eigenvalue weighted by molar-refractivity contribution is -0.118. The number of aromatic nitrogens is 4. The summed E-state index contributed by atoms with van der Waals surface area (Å²) in [5.41, 5.74) is 3.94. The van der Waals surface area contributed by atoms with Crippen LogP contribution >= 0.6 is 0 Å². The molecule has 0 fully saturated rings. The van der Waals surface area contributed by atoms with E-state index in [0.717, 1.165) is 42.0 Å². The third-order valence-corrected chi connectivity index (χ3v) is 4.68. The van der Waals surface area contributed by atoms with Gasteiger partial charge in [0.1, 0.15) is 6.33 Å². The lowest BCUT2D eigenvalue weighted by Crippen LogP contribution is -2.32. The number of benzene rings is 1. The fraction of sp³-hybridized carbons (Fsp3) is 0.400. The number of amides is 1. The third kappa shape index (κ3) is 3.74. The van der Waals surface area contributed by atoms with E-state index in [2.05, 4.69) is 22.0 Å². The molecule has 1 amide bonds. The fourth-order valence-corrected chi connectivity index (χ4v) is 3.21. The summed E-state index contributed by atoms with van der Waals surface area (Å²) in [5.74, 6) is 0.742. The lowest BCUT2D eigenvalue weighted by Gasteiger charge is -2.23. The quantitative estimate of drug-likeness (QED) is 0.653. The second-order valence-corrected chi connectivity index (χ2v) is 6.47. The van der Waals surface area contributed by atoms with Crippen LogP contribution in [0.4, 0.5) is 5.69 Å². The van der Waals surface area contributed by atoms with E-state index < -0.39 is 0 Å². The fourth-order valence-electron chi connectivity index (χ4n) is 3.21. The number of anilines is 1. The Morgan fingerprint density at radius 1 is 1.19 bits per heavy atom. The molecule has 0 atom stereocenters. The summed E-state index contributed by atoms with van der Waals surface area (Å²) in [6.45, 7) is 6.85. The predicted molar refractivity (Wildman–Crippen MR) is 102 cm³/mol. The molecule has 136 valence electrons. The number of para-hydroxylation sites is 1. The molecular formula is C20H25N5O. The minimum atomic E-state index is 0.141. The maximum atomic E-state index is 12.9. The predicted octanol–water partition coefficient (Wildman–Crippen LogP) is 3.51. The standard InChI is InChI=1S/C20H25N5O/c1-4-5-13-24(17-9-7-6-8-10-17)19(26)12-11-18-15(2)23-20-21-14-22-25(20)16(18)3/h6-10,14H,4-5,11-13H2,1-3H3. The number of carbonyl (C=O) groups excluding carboxylic acids is 1. The number of hydrogen-bond donors (Lipinski definition) is 0. The van der Waals surface area contributed by atoms with E-state index >= 15 is 0 Å². The molecule has 0 aliphatic carbocycles. The summed E-state index contributed by atoms with van der Waals surface area (Å²) in [4.78, 5) is 23.5. The van der Waals surface area contributed by atoms with Crippen molar-refractivity contribution in [3.8, 4) is 0 Å². The zero-order valence-corrected chi connectivity index (χ0v) is 15.6. The molecule has 0 unspecified atom stereocenters. The Bertz CT molecular complexity index is 888. The molecule has 0 bridgehead atoms. The van der Waals surface area contributed by atoms with Crippen LogP contribution in [0.3, 0.4) is 0 Å². The van der Waals surface area contributed by atoms with Crippen LogP contribution < -0.4 is 4.90 Å². The first-order chi connectivity index (χ1) is 12.6. The van der Waals surface area contributed by atoms with Gasteiger partial charge in [0.15, 0.2) is 0 Å². The van der Waals surface area contributed by atoms with Gasteiger partial charge in [0.25, 0.3) is 5.78 Å². The molecular weight excluding hydrogens is 326 g/mol. The van der Waals surface area contributed by atoms with Gasteiger partial charge >= 0.3 is 0 Å². The topological polar surface area (TPSA) is 63.4 Å². The molecule has 0 radical (unpaired) electrons. The number of aryl methyl sites for hydroxylation is 2. The highest BCUT2D eigenvalue weighted by Gasteiger charge is 2.17. The molecule has 0 saturated carbocycles. The Balaban J connectivity index is 1.78. The molecule has 0 aliphatic rings. The zero-order chi connectivity index (χ0) is 18.5. The first kappa shape index (κ1) is 18.0. The summed E-state index contributed by atoms with van der Waals surface area (Å²) in [6.07, 6.45) is 4.65. The van der Waals surface area contributed by atoms with Gasteiger partial charge in [-0.15, -0.1) is 0 Å². The average molecular weight is 351 g/mol. The van der Waals surface area contributed by atoms with Crippen LogP contribution in [0.5, 0.6) is 0 Å². The van der Waals surface area contributed by atoms with Gasteiger partial charge in [-0.1, -0.05) is 31.5 Å². The van der Waals surface area contributed by atoms with Crippen molar-refractivity contribution in [1.29, 1.82) is 0 Å². The Morgan fingerprint density at radius 3 is 2.69 bits per heavy atom. The van der Waals surface area contributed by atoms with E-state index in [1.807, 2.05) is 49.1 Å². The van der Waals surface area contributed by atoms with Crippen LogP contribution in [-0.4, -0.2) is 32.0 Å². The van der Waals surface area contributed by atoms with E-state index in [9.17, 15) is 4.79 Å². The first-order valence-electron chi connectivity index (χ1n) is 9.13. The number of rotatable bonds is 7. The Morgan fingerprint density at radius 2 is 1.96 bits per heavy atom. The molecule has 3 rings (SSSR count). The van der Waals surface area contributed by atoms with Gasteiger partial charge in [-0.3, -0.25) is 4.79 Å². The van der Waals surface area contributed by atoms with Crippen molar-refractivity contribution < 1.29 is 4.79 Å². The second-order valence-electron chi connectivity index (χ2n) is 6.47. The molecule has 26 heavy (non-hydrogen) atoms. The van der Waals surface area contributed by atoms with Crippen LogP contribution in [-0.2, 0) is 11.2 Å². The Hall–Kier alpha value is -2.76. The Kier molecular flexibility index (Phi) is 5.61. The maximum absolute atomic E-state index is 12.9. The van der Waals surface area contributed by atoms with Crippen molar-refractivity contribution in [2.24, 2.45) is 0 Å².